The summed E-state index contributed by atoms with van der Waals surface area (Å²) < 4.78 is 28.5. The molecular formula is C22H27N3O3S2. The quantitative estimate of drug-likeness (QED) is 0.581. The van der Waals surface area contributed by atoms with Crippen molar-refractivity contribution in [1.82, 2.24) is 9.29 Å². The lowest BCUT2D eigenvalue weighted by Crippen LogP contribution is -2.41. The molecule has 0 atom stereocenters. The highest BCUT2D eigenvalue weighted by Gasteiger charge is 2.29. The van der Waals surface area contributed by atoms with Gasteiger partial charge in [0.2, 0.25) is 10.0 Å². The predicted molar refractivity (Wildman–Crippen MR) is 123 cm³/mol. The summed E-state index contributed by atoms with van der Waals surface area (Å²) in [6.45, 7) is 11.3. The Labute approximate surface area is 182 Å². The van der Waals surface area contributed by atoms with Gasteiger partial charge in [0, 0.05) is 17.6 Å². The van der Waals surface area contributed by atoms with Crippen LogP contribution in [0.15, 0.2) is 41.3 Å². The van der Waals surface area contributed by atoms with Crippen molar-refractivity contribution in [3.05, 3.63) is 53.1 Å². The van der Waals surface area contributed by atoms with Crippen molar-refractivity contribution in [2.75, 3.05) is 5.32 Å². The van der Waals surface area contributed by atoms with Crippen molar-refractivity contribution in [2.24, 2.45) is 0 Å². The molecule has 2 aromatic carbocycles. The van der Waals surface area contributed by atoms with E-state index in [2.05, 4.69) is 10.3 Å². The first-order valence-electron chi connectivity index (χ1n) is 9.83. The number of amides is 1. The Morgan fingerprint density at radius 1 is 1.00 bits per heavy atom. The van der Waals surface area contributed by atoms with Crippen LogP contribution in [0.5, 0.6) is 0 Å². The van der Waals surface area contributed by atoms with Gasteiger partial charge in [-0.15, -0.1) is 0 Å². The summed E-state index contributed by atoms with van der Waals surface area (Å²) in [5.74, 6) is -0.237. The molecule has 160 valence electrons. The van der Waals surface area contributed by atoms with Crippen molar-refractivity contribution in [2.45, 2.75) is 58.5 Å². The Hall–Kier alpha value is -2.29. The average Bonchev–Trinajstić information content (AvgIpc) is 3.01. The molecule has 8 heteroatoms. The number of fused-ring (bicyclic) bond motifs is 1. The predicted octanol–water partition coefficient (Wildman–Crippen LogP) is 4.97. The summed E-state index contributed by atoms with van der Waals surface area (Å²) in [6.07, 6.45) is 0. The van der Waals surface area contributed by atoms with Crippen molar-refractivity contribution >= 4 is 42.6 Å². The summed E-state index contributed by atoms with van der Waals surface area (Å²) in [7, 11) is -3.63. The van der Waals surface area contributed by atoms with E-state index in [-0.39, 0.29) is 22.9 Å². The third-order valence-corrected chi connectivity index (χ3v) is 7.84. The molecule has 3 rings (SSSR count). The van der Waals surface area contributed by atoms with Crippen molar-refractivity contribution < 1.29 is 13.2 Å². The van der Waals surface area contributed by atoms with Crippen LogP contribution in [-0.4, -0.2) is 35.7 Å². The molecule has 0 aliphatic heterocycles. The van der Waals surface area contributed by atoms with Gasteiger partial charge in [-0.05, 0) is 71.9 Å². The van der Waals surface area contributed by atoms with E-state index in [1.807, 2.05) is 59.7 Å². The molecule has 1 amide bonds. The van der Waals surface area contributed by atoms with Gasteiger partial charge in [-0.3, -0.25) is 10.1 Å². The van der Waals surface area contributed by atoms with Gasteiger partial charge in [0.25, 0.3) is 5.91 Å². The highest BCUT2D eigenvalue weighted by molar-refractivity contribution is 7.89. The minimum Gasteiger partial charge on any atom is -0.298 e. The second-order valence-corrected chi connectivity index (χ2v) is 10.9. The number of nitrogens with zero attached hydrogens (tertiary/aromatic N) is 2. The molecule has 6 nitrogen and oxygen atoms in total. The van der Waals surface area contributed by atoms with Gasteiger partial charge < -0.3 is 0 Å². The molecular weight excluding hydrogens is 418 g/mol. The van der Waals surface area contributed by atoms with Crippen LogP contribution in [0, 0.1) is 13.8 Å². The molecule has 0 fully saturated rings. The fraction of sp³-hybridized carbons (Fsp3) is 0.364. The number of nitrogens with one attached hydrogen (secondary N) is 1. The Morgan fingerprint density at radius 3 is 2.17 bits per heavy atom. The number of aryl methyl sites for hydroxylation is 2. The van der Waals surface area contributed by atoms with Gasteiger partial charge in [-0.2, -0.15) is 4.31 Å². The molecule has 0 spiro atoms. The van der Waals surface area contributed by atoms with Crippen molar-refractivity contribution in [1.29, 1.82) is 0 Å². The monoisotopic (exact) mass is 445 g/mol. The largest absolute Gasteiger partial charge is 0.298 e. The SMILES string of the molecule is Cc1cc(C)cc(C(=O)Nc2nc3ccc(S(=O)(=O)N(C(C)C)C(C)C)cc3s2)c1. The highest BCUT2D eigenvalue weighted by atomic mass is 32.2. The maximum atomic E-state index is 13.1. The summed E-state index contributed by atoms with van der Waals surface area (Å²) >= 11 is 1.26. The number of benzene rings is 2. The first kappa shape index (κ1) is 22.4. The standard InChI is InChI=1S/C22H27N3O3S2/c1-13(2)25(14(3)4)30(27,28)18-7-8-19-20(12-18)29-22(23-19)24-21(26)17-10-15(5)9-16(6)11-17/h7-14H,1-6H3,(H,23,24,26). The van der Waals surface area contributed by atoms with E-state index in [9.17, 15) is 13.2 Å². The number of anilines is 1. The van der Waals surface area contributed by atoms with E-state index in [1.54, 1.807) is 18.2 Å². The first-order valence-corrected chi connectivity index (χ1v) is 12.1. The highest BCUT2D eigenvalue weighted by Crippen LogP contribution is 2.30. The molecule has 1 aromatic heterocycles. The molecule has 1 heterocycles. The van der Waals surface area contributed by atoms with E-state index in [1.165, 1.54) is 15.6 Å². The van der Waals surface area contributed by atoms with Crippen LogP contribution >= 0.6 is 11.3 Å². The van der Waals surface area contributed by atoms with E-state index < -0.39 is 10.0 Å². The zero-order valence-corrected chi connectivity index (χ0v) is 19.7. The number of carbonyl (C=O) groups excluding carboxylic acids is 1. The number of aromatic nitrogens is 1. The zero-order chi connectivity index (χ0) is 22.2. The van der Waals surface area contributed by atoms with Gasteiger partial charge in [-0.1, -0.05) is 28.5 Å². The number of hydrogen-bond acceptors (Lipinski definition) is 5. The minimum absolute atomic E-state index is 0.153. The summed E-state index contributed by atoms with van der Waals surface area (Å²) in [5.41, 5.74) is 3.24. The molecule has 0 aliphatic carbocycles. The van der Waals surface area contributed by atoms with Crippen LogP contribution in [0.25, 0.3) is 10.2 Å². The molecule has 3 aromatic rings. The van der Waals surface area contributed by atoms with Crippen LogP contribution in [0.2, 0.25) is 0 Å². The van der Waals surface area contributed by atoms with Gasteiger partial charge in [0.05, 0.1) is 15.1 Å². The number of hydrogen-bond donors (Lipinski definition) is 1. The Balaban J connectivity index is 1.92. The summed E-state index contributed by atoms with van der Waals surface area (Å²) in [4.78, 5) is 17.3. The summed E-state index contributed by atoms with van der Waals surface area (Å²) in [5, 5.41) is 3.27. The van der Waals surface area contributed by atoms with Gasteiger partial charge in [-0.25, -0.2) is 13.4 Å². The topological polar surface area (TPSA) is 79.4 Å². The average molecular weight is 446 g/mol. The van der Waals surface area contributed by atoms with Crippen LogP contribution < -0.4 is 5.32 Å². The van der Waals surface area contributed by atoms with E-state index in [0.29, 0.717) is 20.9 Å². The second-order valence-electron chi connectivity index (χ2n) is 8.00. The zero-order valence-electron chi connectivity index (χ0n) is 18.1. The lowest BCUT2D eigenvalue weighted by Gasteiger charge is -2.29. The van der Waals surface area contributed by atoms with E-state index in [0.717, 1.165) is 11.1 Å². The molecule has 0 aliphatic rings. The number of carbonyl (C=O) groups is 1. The summed E-state index contributed by atoms with van der Waals surface area (Å²) in [6, 6.07) is 10.2. The molecule has 0 saturated heterocycles. The van der Waals surface area contributed by atoms with Crippen LogP contribution in [0.4, 0.5) is 5.13 Å². The number of sulfonamides is 1. The molecule has 0 bridgehead atoms. The van der Waals surface area contributed by atoms with E-state index >= 15 is 0 Å². The minimum atomic E-state index is -3.63. The molecule has 1 N–H and O–H groups in total. The van der Waals surface area contributed by atoms with Crippen LogP contribution in [0.1, 0.15) is 49.2 Å². The van der Waals surface area contributed by atoms with Gasteiger partial charge in [0.15, 0.2) is 5.13 Å². The molecule has 0 saturated carbocycles. The van der Waals surface area contributed by atoms with Gasteiger partial charge in [0.1, 0.15) is 0 Å². The third kappa shape index (κ3) is 4.55. The fourth-order valence-electron chi connectivity index (χ4n) is 3.67. The Kier molecular flexibility index (Phi) is 6.31. The maximum absolute atomic E-state index is 13.1. The fourth-order valence-corrected chi connectivity index (χ4v) is 6.50. The molecule has 0 radical (unpaired) electrons. The Bertz CT molecular complexity index is 1170. The third-order valence-electron chi connectivity index (χ3n) is 4.66. The lowest BCUT2D eigenvalue weighted by atomic mass is 10.1. The smallest absolute Gasteiger partial charge is 0.257 e. The number of thiazole rings is 1. The normalized spacial score (nSPS) is 12.3. The first-order chi connectivity index (χ1) is 14.0. The number of rotatable bonds is 6. The molecule has 30 heavy (non-hydrogen) atoms. The van der Waals surface area contributed by atoms with Crippen molar-refractivity contribution in [3.63, 3.8) is 0 Å². The van der Waals surface area contributed by atoms with Crippen molar-refractivity contribution in [3.8, 4) is 0 Å². The lowest BCUT2D eigenvalue weighted by molar-refractivity contribution is 0.102. The van der Waals surface area contributed by atoms with Crippen LogP contribution in [0.3, 0.4) is 0 Å². The molecule has 0 unspecified atom stereocenters. The second kappa shape index (κ2) is 8.45. The van der Waals surface area contributed by atoms with Crippen LogP contribution in [-0.2, 0) is 10.0 Å². The Morgan fingerprint density at radius 2 is 1.60 bits per heavy atom. The van der Waals surface area contributed by atoms with E-state index in [4.69, 9.17) is 0 Å². The van der Waals surface area contributed by atoms with Gasteiger partial charge >= 0.3 is 0 Å². The maximum Gasteiger partial charge on any atom is 0.257 e.